The van der Waals surface area contributed by atoms with Crippen molar-refractivity contribution in [3.05, 3.63) is 71.4 Å². The van der Waals surface area contributed by atoms with Crippen LogP contribution in [0.3, 0.4) is 0 Å². The van der Waals surface area contributed by atoms with Gasteiger partial charge in [0.05, 0.1) is 17.4 Å². The third kappa shape index (κ3) is 3.69. The number of benzene rings is 2. The van der Waals surface area contributed by atoms with Crippen LogP contribution in [-0.2, 0) is 19.1 Å². The number of fused-ring (bicyclic) bond motifs is 1. The Morgan fingerprint density at radius 3 is 2.52 bits per heavy atom. The first kappa shape index (κ1) is 17.3. The van der Waals surface area contributed by atoms with E-state index in [0.29, 0.717) is 12.5 Å². The molecule has 0 amide bonds. The number of halogens is 3. The highest BCUT2D eigenvalue weighted by molar-refractivity contribution is 5.61. The standard InChI is InChI=1S/C19H16F3N5/c20-19(21,22)15-7-3-4-8-16(15)24-17-11-23-26-18(25-17)27-10-9-13-5-1-2-6-14(13)12-27/h1-8,11H,9-10,12H2,(H,24,25,26). The molecule has 2 aromatic carbocycles. The average Bonchev–Trinajstić information content (AvgIpc) is 2.67. The minimum absolute atomic E-state index is 0.0690. The molecule has 0 saturated carbocycles. The van der Waals surface area contributed by atoms with E-state index < -0.39 is 11.7 Å². The van der Waals surface area contributed by atoms with E-state index in [1.54, 1.807) is 0 Å². The van der Waals surface area contributed by atoms with E-state index in [9.17, 15) is 13.2 Å². The molecule has 138 valence electrons. The van der Waals surface area contributed by atoms with Crippen LogP contribution in [0.2, 0.25) is 0 Å². The third-order valence-electron chi connectivity index (χ3n) is 4.46. The fourth-order valence-electron chi connectivity index (χ4n) is 3.13. The molecule has 1 N–H and O–H groups in total. The molecule has 1 aromatic heterocycles. The Labute approximate surface area is 153 Å². The number of hydrogen-bond donors (Lipinski definition) is 1. The summed E-state index contributed by atoms with van der Waals surface area (Å²) in [7, 11) is 0. The summed E-state index contributed by atoms with van der Waals surface area (Å²) in [6.07, 6.45) is -2.29. The molecule has 1 aliphatic rings. The van der Waals surface area contributed by atoms with Crippen LogP contribution >= 0.6 is 0 Å². The van der Waals surface area contributed by atoms with Gasteiger partial charge in [-0.25, -0.2) is 0 Å². The molecule has 27 heavy (non-hydrogen) atoms. The second kappa shape index (κ2) is 6.86. The summed E-state index contributed by atoms with van der Waals surface area (Å²) < 4.78 is 39.5. The largest absolute Gasteiger partial charge is 0.418 e. The van der Waals surface area contributed by atoms with Crippen LogP contribution in [0.4, 0.5) is 30.6 Å². The topological polar surface area (TPSA) is 53.9 Å². The van der Waals surface area contributed by atoms with Crippen LogP contribution in [-0.4, -0.2) is 21.7 Å². The quantitative estimate of drug-likeness (QED) is 0.748. The zero-order valence-corrected chi connectivity index (χ0v) is 14.2. The summed E-state index contributed by atoms with van der Waals surface area (Å²) in [6.45, 7) is 1.36. The second-order valence-electron chi connectivity index (χ2n) is 6.25. The van der Waals surface area contributed by atoms with Crippen LogP contribution in [0, 0.1) is 0 Å². The van der Waals surface area contributed by atoms with E-state index >= 15 is 0 Å². The summed E-state index contributed by atoms with van der Waals surface area (Å²) in [5.41, 5.74) is 1.65. The Kier molecular flexibility index (Phi) is 4.39. The van der Waals surface area contributed by atoms with Gasteiger partial charge in [-0.05, 0) is 29.7 Å². The highest BCUT2D eigenvalue weighted by Crippen LogP contribution is 2.35. The van der Waals surface area contributed by atoms with Crippen molar-refractivity contribution in [2.45, 2.75) is 19.1 Å². The molecule has 0 bridgehead atoms. The summed E-state index contributed by atoms with van der Waals surface area (Å²) in [5.74, 6) is 0.606. The molecule has 5 nitrogen and oxygen atoms in total. The van der Waals surface area contributed by atoms with Crippen LogP contribution in [0.1, 0.15) is 16.7 Å². The smallest absolute Gasteiger partial charge is 0.338 e. The number of alkyl halides is 3. The van der Waals surface area contributed by atoms with Crippen LogP contribution in [0.15, 0.2) is 54.7 Å². The van der Waals surface area contributed by atoms with Crippen molar-refractivity contribution in [2.24, 2.45) is 0 Å². The van der Waals surface area contributed by atoms with Crippen molar-refractivity contribution in [1.82, 2.24) is 15.2 Å². The van der Waals surface area contributed by atoms with Gasteiger partial charge in [0.15, 0.2) is 5.82 Å². The van der Waals surface area contributed by atoms with Crippen molar-refractivity contribution in [3.8, 4) is 0 Å². The Bertz CT molecular complexity index is 958. The number of para-hydroxylation sites is 1. The van der Waals surface area contributed by atoms with Gasteiger partial charge in [-0.15, -0.1) is 5.10 Å². The first-order valence-corrected chi connectivity index (χ1v) is 8.45. The van der Waals surface area contributed by atoms with Gasteiger partial charge in [0.25, 0.3) is 0 Å². The van der Waals surface area contributed by atoms with Gasteiger partial charge in [-0.3, -0.25) is 0 Å². The van der Waals surface area contributed by atoms with E-state index in [4.69, 9.17) is 0 Å². The predicted octanol–water partition coefficient (Wildman–Crippen LogP) is 4.20. The maximum absolute atomic E-state index is 13.2. The fourth-order valence-corrected chi connectivity index (χ4v) is 3.13. The molecule has 0 saturated heterocycles. The number of anilines is 3. The molecule has 0 atom stereocenters. The summed E-state index contributed by atoms with van der Waals surface area (Å²) >= 11 is 0. The van der Waals surface area contributed by atoms with Gasteiger partial charge in [-0.2, -0.15) is 23.3 Å². The molecule has 0 spiro atoms. The Hall–Kier alpha value is -3.16. The van der Waals surface area contributed by atoms with Gasteiger partial charge in [0.1, 0.15) is 0 Å². The van der Waals surface area contributed by atoms with Crippen molar-refractivity contribution < 1.29 is 13.2 Å². The normalized spacial score (nSPS) is 14.0. The van der Waals surface area contributed by atoms with Gasteiger partial charge in [0.2, 0.25) is 5.95 Å². The van der Waals surface area contributed by atoms with Crippen LogP contribution in [0.5, 0.6) is 0 Å². The van der Waals surface area contributed by atoms with Crippen molar-refractivity contribution in [1.29, 1.82) is 0 Å². The number of rotatable bonds is 3. The van der Waals surface area contributed by atoms with Crippen molar-refractivity contribution in [2.75, 3.05) is 16.8 Å². The summed E-state index contributed by atoms with van der Waals surface area (Å²) in [6, 6.07) is 13.4. The number of nitrogens with one attached hydrogen (secondary N) is 1. The molecule has 2 heterocycles. The maximum atomic E-state index is 13.2. The lowest BCUT2D eigenvalue weighted by Gasteiger charge is -2.28. The molecule has 1 aliphatic heterocycles. The monoisotopic (exact) mass is 371 g/mol. The Morgan fingerprint density at radius 2 is 1.70 bits per heavy atom. The first-order valence-electron chi connectivity index (χ1n) is 8.45. The number of aromatic nitrogens is 3. The maximum Gasteiger partial charge on any atom is 0.418 e. The molecule has 3 aromatic rings. The molecule has 0 unspecified atom stereocenters. The minimum atomic E-state index is -4.45. The summed E-state index contributed by atoms with van der Waals surface area (Å²) in [5, 5.41) is 10.7. The van der Waals surface area contributed by atoms with Crippen LogP contribution in [0.25, 0.3) is 0 Å². The van der Waals surface area contributed by atoms with Gasteiger partial charge >= 0.3 is 6.18 Å². The molecule has 0 fully saturated rings. The number of nitrogens with zero attached hydrogens (tertiary/aromatic N) is 4. The van der Waals surface area contributed by atoms with Crippen molar-refractivity contribution >= 4 is 17.5 Å². The van der Waals surface area contributed by atoms with E-state index in [1.165, 1.54) is 35.5 Å². The second-order valence-corrected chi connectivity index (χ2v) is 6.25. The lowest BCUT2D eigenvalue weighted by atomic mass is 10.0. The van der Waals surface area contributed by atoms with E-state index in [1.807, 2.05) is 17.0 Å². The fraction of sp³-hybridized carbons (Fsp3) is 0.211. The Balaban J connectivity index is 1.58. The third-order valence-corrected chi connectivity index (χ3v) is 4.46. The highest BCUT2D eigenvalue weighted by atomic mass is 19.4. The Morgan fingerprint density at radius 1 is 0.963 bits per heavy atom. The lowest BCUT2D eigenvalue weighted by Crippen LogP contribution is -2.32. The molecular formula is C19H16F3N5. The van der Waals surface area contributed by atoms with E-state index in [-0.39, 0.29) is 11.5 Å². The van der Waals surface area contributed by atoms with Gasteiger partial charge in [0, 0.05) is 13.1 Å². The van der Waals surface area contributed by atoms with Crippen molar-refractivity contribution in [3.63, 3.8) is 0 Å². The molecule has 0 aliphatic carbocycles. The zero-order chi connectivity index (χ0) is 18.9. The molecule has 0 radical (unpaired) electrons. The lowest BCUT2D eigenvalue weighted by molar-refractivity contribution is -0.136. The van der Waals surface area contributed by atoms with Gasteiger partial charge in [-0.1, -0.05) is 36.4 Å². The predicted molar refractivity (Wildman–Crippen MR) is 95.7 cm³/mol. The molecule has 8 heteroatoms. The summed E-state index contributed by atoms with van der Waals surface area (Å²) in [4.78, 5) is 6.33. The SMILES string of the molecule is FC(F)(F)c1ccccc1Nc1cnnc(N2CCc3ccccc3C2)n1. The molecular weight excluding hydrogens is 355 g/mol. The van der Waals surface area contributed by atoms with Crippen LogP contribution < -0.4 is 10.2 Å². The number of hydrogen-bond acceptors (Lipinski definition) is 5. The van der Waals surface area contributed by atoms with E-state index in [2.05, 4.69) is 32.6 Å². The average molecular weight is 371 g/mol. The zero-order valence-electron chi connectivity index (χ0n) is 14.2. The van der Waals surface area contributed by atoms with Gasteiger partial charge < -0.3 is 10.2 Å². The molecule has 4 rings (SSSR count). The minimum Gasteiger partial charge on any atom is -0.338 e. The highest BCUT2D eigenvalue weighted by Gasteiger charge is 2.33. The first-order chi connectivity index (χ1) is 13.0. The van der Waals surface area contributed by atoms with E-state index in [0.717, 1.165) is 19.0 Å².